The molecule has 1 amide bonds. The highest BCUT2D eigenvalue weighted by Crippen LogP contribution is 2.11. The molecule has 0 saturated carbocycles. The molecule has 2 rings (SSSR count). The Morgan fingerprint density at radius 3 is 2.87 bits per heavy atom. The molecular formula is C10H14N4O. The topological polar surface area (TPSA) is 72.1 Å². The van der Waals surface area contributed by atoms with E-state index in [4.69, 9.17) is 5.73 Å². The van der Waals surface area contributed by atoms with Crippen molar-refractivity contribution in [2.45, 2.75) is 25.9 Å². The van der Waals surface area contributed by atoms with Crippen molar-refractivity contribution in [1.29, 1.82) is 0 Å². The van der Waals surface area contributed by atoms with Crippen LogP contribution in [0.15, 0.2) is 12.4 Å². The summed E-state index contributed by atoms with van der Waals surface area (Å²) in [6.07, 6.45) is 3.85. The van der Waals surface area contributed by atoms with Gasteiger partial charge in [-0.2, -0.15) is 0 Å². The number of nitrogens with two attached hydrogens (primary N) is 1. The Bertz CT molecular complexity index is 362. The molecule has 2 heterocycles. The number of likely N-dealkylation sites (tertiary alicyclic amines) is 1. The van der Waals surface area contributed by atoms with Crippen molar-refractivity contribution in [3.8, 4) is 0 Å². The average molecular weight is 206 g/mol. The summed E-state index contributed by atoms with van der Waals surface area (Å²) in [5.74, 6) is 0.102. The lowest BCUT2D eigenvalue weighted by molar-refractivity contribution is -0.128. The lowest BCUT2D eigenvalue weighted by Crippen LogP contribution is -2.28. The third kappa shape index (κ3) is 2.30. The highest BCUT2D eigenvalue weighted by molar-refractivity contribution is 5.79. The SMILES string of the molecule is Cc1cnc(CN2CC(N)CC2=O)cn1. The Labute approximate surface area is 88.3 Å². The Hall–Kier alpha value is -1.49. The van der Waals surface area contributed by atoms with Crippen molar-refractivity contribution in [3.63, 3.8) is 0 Å². The van der Waals surface area contributed by atoms with E-state index in [0.29, 0.717) is 19.5 Å². The molecular weight excluding hydrogens is 192 g/mol. The largest absolute Gasteiger partial charge is 0.335 e. The van der Waals surface area contributed by atoms with Crippen LogP contribution in [-0.2, 0) is 11.3 Å². The molecule has 1 aliphatic heterocycles. The minimum atomic E-state index is -0.0316. The molecule has 0 aliphatic carbocycles. The zero-order chi connectivity index (χ0) is 10.8. The number of hydrogen-bond donors (Lipinski definition) is 1. The summed E-state index contributed by atoms with van der Waals surface area (Å²) in [5.41, 5.74) is 7.38. The van der Waals surface area contributed by atoms with Crippen LogP contribution >= 0.6 is 0 Å². The Balaban J connectivity index is 2.03. The summed E-state index contributed by atoms with van der Waals surface area (Å²) in [7, 11) is 0. The fourth-order valence-electron chi connectivity index (χ4n) is 1.65. The number of aromatic nitrogens is 2. The molecule has 1 atom stereocenters. The summed E-state index contributed by atoms with van der Waals surface area (Å²) in [6, 6.07) is -0.0316. The molecule has 2 N–H and O–H groups in total. The molecule has 0 aromatic carbocycles. The highest BCUT2D eigenvalue weighted by atomic mass is 16.2. The van der Waals surface area contributed by atoms with Crippen LogP contribution in [0.25, 0.3) is 0 Å². The zero-order valence-corrected chi connectivity index (χ0v) is 8.68. The van der Waals surface area contributed by atoms with Crippen LogP contribution in [0.3, 0.4) is 0 Å². The molecule has 0 radical (unpaired) electrons. The van der Waals surface area contributed by atoms with Crippen molar-refractivity contribution in [2.75, 3.05) is 6.54 Å². The molecule has 1 fully saturated rings. The highest BCUT2D eigenvalue weighted by Gasteiger charge is 2.26. The van der Waals surface area contributed by atoms with Gasteiger partial charge in [-0.3, -0.25) is 14.8 Å². The van der Waals surface area contributed by atoms with Gasteiger partial charge in [-0.25, -0.2) is 0 Å². The molecule has 1 aromatic rings. The van der Waals surface area contributed by atoms with Gasteiger partial charge in [-0.05, 0) is 6.92 Å². The van der Waals surface area contributed by atoms with Crippen LogP contribution < -0.4 is 5.73 Å². The van der Waals surface area contributed by atoms with Gasteiger partial charge in [0.2, 0.25) is 5.91 Å². The molecule has 5 heteroatoms. The number of nitrogens with zero attached hydrogens (tertiary/aromatic N) is 3. The number of carbonyl (C=O) groups excluding carboxylic acids is 1. The lowest BCUT2D eigenvalue weighted by atomic mass is 10.3. The van der Waals surface area contributed by atoms with Crippen molar-refractivity contribution < 1.29 is 4.79 Å². The first-order chi connectivity index (χ1) is 7.15. The zero-order valence-electron chi connectivity index (χ0n) is 8.68. The summed E-state index contributed by atoms with van der Waals surface area (Å²) in [6.45, 7) is 3.02. The molecule has 1 unspecified atom stereocenters. The average Bonchev–Trinajstić information content (AvgIpc) is 2.49. The van der Waals surface area contributed by atoms with Crippen LogP contribution in [0, 0.1) is 6.92 Å². The number of hydrogen-bond acceptors (Lipinski definition) is 4. The van der Waals surface area contributed by atoms with E-state index in [1.807, 2.05) is 6.92 Å². The maximum absolute atomic E-state index is 11.5. The third-order valence-corrected chi connectivity index (χ3v) is 2.43. The van der Waals surface area contributed by atoms with Crippen molar-refractivity contribution >= 4 is 5.91 Å². The Morgan fingerprint density at radius 2 is 2.33 bits per heavy atom. The van der Waals surface area contributed by atoms with Gasteiger partial charge < -0.3 is 10.6 Å². The van der Waals surface area contributed by atoms with Gasteiger partial charge in [0, 0.05) is 25.2 Å². The van der Waals surface area contributed by atoms with E-state index in [0.717, 1.165) is 11.4 Å². The maximum atomic E-state index is 11.5. The molecule has 0 bridgehead atoms. The fourth-order valence-corrected chi connectivity index (χ4v) is 1.65. The third-order valence-electron chi connectivity index (χ3n) is 2.43. The van der Waals surface area contributed by atoms with Gasteiger partial charge in [0.1, 0.15) is 0 Å². The van der Waals surface area contributed by atoms with E-state index in [-0.39, 0.29) is 11.9 Å². The summed E-state index contributed by atoms with van der Waals surface area (Å²) < 4.78 is 0. The maximum Gasteiger partial charge on any atom is 0.224 e. The van der Waals surface area contributed by atoms with Crippen LogP contribution in [0.5, 0.6) is 0 Å². The number of carbonyl (C=O) groups is 1. The van der Waals surface area contributed by atoms with Gasteiger partial charge in [-0.15, -0.1) is 0 Å². The monoisotopic (exact) mass is 206 g/mol. The van der Waals surface area contributed by atoms with Gasteiger partial charge >= 0.3 is 0 Å². The molecule has 15 heavy (non-hydrogen) atoms. The van der Waals surface area contributed by atoms with Crippen molar-refractivity contribution in [3.05, 3.63) is 23.8 Å². The second kappa shape index (κ2) is 3.94. The van der Waals surface area contributed by atoms with Gasteiger partial charge in [0.25, 0.3) is 0 Å². The Kier molecular flexibility index (Phi) is 2.64. The quantitative estimate of drug-likeness (QED) is 0.730. The van der Waals surface area contributed by atoms with E-state index in [1.165, 1.54) is 0 Å². The van der Waals surface area contributed by atoms with Crippen molar-refractivity contribution in [1.82, 2.24) is 14.9 Å². The molecule has 5 nitrogen and oxygen atoms in total. The number of amides is 1. The first-order valence-electron chi connectivity index (χ1n) is 4.96. The number of rotatable bonds is 2. The summed E-state index contributed by atoms with van der Waals surface area (Å²) in [5, 5.41) is 0. The first-order valence-corrected chi connectivity index (χ1v) is 4.96. The van der Waals surface area contributed by atoms with E-state index >= 15 is 0 Å². The minimum Gasteiger partial charge on any atom is -0.335 e. The second-order valence-electron chi connectivity index (χ2n) is 3.89. The molecule has 1 aromatic heterocycles. The Morgan fingerprint density at radius 1 is 1.53 bits per heavy atom. The summed E-state index contributed by atoms with van der Waals surface area (Å²) >= 11 is 0. The van der Waals surface area contributed by atoms with Crippen molar-refractivity contribution in [2.24, 2.45) is 5.73 Å². The van der Waals surface area contributed by atoms with Crippen LogP contribution in [-0.4, -0.2) is 33.4 Å². The molecule has 1 saturated heterocycles. The van der Waals surface area contributed by atoms with Gasteiger partial charge in [0.05, 0.1) is 24.1 Å². The van der Waals surface area contributed by atoms with Crippen LogP contribution in [0.2, 0.25) is 0 Å². The second-order valence-corrected chi connectivity index (χ2v) is 3.89. The van der Waals surface area contributed by atoms with E-state index in [1.54, 1.807) is 17.3 Å². The summed E-state index contributed by atoms with van der Waals surface area (Å²) in [4.78, 5) is 21.5. The number of aryl methyl sites for hydroxylation is 1. The molecule has 1 aliphatic rings. The van der Waals surface area contributed by atoms with E-state index in [9.17, 15) is 4.79 Å². The molecule has 0 spiro atoms. The standard InChI is InChI=1S/C10H14N4O/c1-7-3-13-9(4-12-7)6-14-5-8(11)2-10(14)15/h3-4,8H,2,5-6,11H2,1H3. The van der Waals surface area contributed by atoms with Crippen LogP contribution in [0.1, 0.15) is 17.8 Å². The first kappa shape index (κ1) is 10.0. The predicted octanol–water partition coefficient (Wildman–Crippen LogP) is -0.155. The fraction of sp³-hybridized carbons (Fsp3) is 0.500. The minimum absolute atomic E-state index is 0.0316. The smallest absolute Gasteiger partial charge is 0.224 e. The predicted molar refractivity (Wildman–Crippen MR) is 54.8 cm³/mol. The van der Waals surface area contributed by atoms with Crippen LogP contribution in [0.4, 0.5) is 0 Å². The van der Waals surface area contributed by atoms with E-state index < -0.39 is 0 Å². The lowest BCUT2D eigenvalue weighted by Gasteiger charge is -2.14. The van der Waals surface area contributed by atoms with E-state index in [2.05, 4.69) is 9.97 Å². The normalized spacial score (nSPS) is 21.1. The van der Waals surface area contributed by atoms with Gasteiger partial charge in [0.15, 0.2) is 0 Å². The molecule has 80 valence electrons. The van der Waals surface area contributed by atoms with Gasteiger partial charge in [-0.1, -0.05) is 0 Å².